The second-order valence-electron chi connectivity index (χ2n) is 4.00. The van der Waals surface area contributed by atoms with E-state index < -0.39 is 11.7 Å². The maximum atomic E-state index is 14.0. The Bertz CT molecular complexity index is 562. The zero-order valence-electron chi connectivity index (χ0n) is 10.3. The predicted octanol–water partition coefficient (Wildman–Crippen LogP) is 3.67. The summed E-state index contributed by atoms with van der Waals surface area (Å²) >= 11 is 0. The number of carbonyl (C=O) groups excluding carboxylic acids is 1. The Morgan fingerprint density at radius 1 is 1.00 bits per heavy atom. The molecule has 0 aliphatic rings. The first-order valence-corrected chi connectivity index (χ1v) is 5.68. The van der Waals surface area contributed by atoms with Crippen molar-refractivity contribution in [3.8, 4) is 5.75 Å². The molecule has 2 nitrogen and oxygen atoms in total. The number of hydrogen-bond donors (Lipinski definition) is 0. The number of Topliss-reactive ketones (excluding diaryl/α,β-unsaturated/α-hetero) is 1. The van der Waals surface area contributed by atoms with E-state index in [1.54, 1.807) is 6.07 Å². The molecule has 0 aliphatic carbocycles. The van der Waals surface area contributed by atoms with Crippen molar-refractivity contribution in [3.63, 3.8) is 0 Å². The summed E-state index contributed by atoms with van der Waals surface area (Å²) in [7, 11) is 1.47. The van der Waals surface area contributed by atoms with Gasteiger partial charge < -0.3 is 4.74 Å². The van der Waals surface area contributed by atoms with Crippen molar-refractivity contribution < 1.29 is 18.3 Å². The molecule has 0 N–H and O–H groups in total. The van der Waals surface area contributed by atoms with Crippen LogP contribution in [-0.4, -0.2) is 12.9 Å². The van der Waals surface area contributed by atoms with Crippen LogP contribution in [0, 0.1) is 0 Å². The summed E-state index contributed by atoms with van der Waals surface area (Å²) in [6.45, 7) is 0. The summed E-state index contributed by atoms with van der Waals surface area (Å²) in [5.41, 5.74) is -0.356. The molecule has 0 spiro atoms. The maximum absolute atomic E-state index is 14.0. The Labute approximate surface area is 109 Å². The van der Waals surface area contributed by atoms with Gasteiger partial charge in [-0.15, -0.1) is 0 Å². The molecule has 0 atom stereocenters. The zero-order chi connectivity index (χ0) is 13.9. The van der Waals surface area contributed by atoms with Crippen molar-refractivity contribution in [2.45, 2.75) is 5.92 Å². The molecule has 0 fully saturated rings. The molecule has 0 unspecified atom stereocenters. The van der Waals surface area contributed by atoms with E-state index in [0.717, 1.165) is 0 Å². The molecule has 2 aromatic carbocycles. The van der Waals surface area contributed by atoms with Crippen LogP contribution in [0.5, 0.6) is 5.75 Å². The highest BCUT2D eigenvalue weighted by Crippen LogP contribution is 2.32. The second kappa shape index (κ2) is 5.18. The molecular formula is C15H12F2O2. The van der Waals surface area contributed by atoms with Gasteiger partial charge in [-0.1, -0.05) is 30.3 Å². The minimum atomic E-state index is -3.53. The number of benzene rings is 2. The van der Waals surface area contributed by atoms with Gasteiger partial charge in [-0.3, -0.25) is 4.79 Å². The number of ketones is 1. The summed E-state index contributed by atoms with van der Waals surface area (Å²) in [5, 5.41) is 0. The first-order chi connectivity index (χ1) is 9.05. The van der Waals surface area contributed by atoms with Crippen molar-refractivity contribution in [2.75, 3.05) is 7.11 Å². The highest BCUT2D eigenvalue weighted by molar-refractivity contribution is 6.01. The Balaban J connectivity index is 2.32. The topological polar surface area (TPSA) is 26.3 Å². The van der Waals surface area contributed by atoms with Crippen LogP contribution in [0.25, 0.3) is 0 Å². The Morgan fingerprint density at radius 2 is 1.58 bits per heavy atom. The average molecular weight is 262 g/mol. The molecule has 2 aromatic rings. The largest absolute Gasteiger partial charge is 0.497 e. The van der Waals surface area contributed by atoms with E-state index in [4.69, 9.17) is 4.74 Å². The van der Waals surface area contributed by atoms with Gasteiger partial charge in [0.15, 0.2) is 0 Å². The van der Waals surface area contributed by atoms with Crippen molar-refractivity contribution in [3.05, 3.63) is 65.7 Å². The zero-order valence-corrected chi connectivity index (χ0v) is 10.3. The number of methoxy groups -OCH3 is 1. The van der Waals surface area contributed by atoms with Crippen LogP contribution < -0.4 is 4.74 Å². The lowest BCUT2D eigenvalue weighted by atomic mass is 9.99. The van der Waals surface area contributed by atoms with E-state index in [-0.39, 0.29) is 11.1 Å². The van der Waals surface area contributed by atoms with Gasteiger partial charge >= 0.3 is 5.92 Å². The molecule has 0 saturated heterocycles. The van der Waals surface area contributed by atoms with Gasteiger partial charge in [-0.2, -0.15) is 8.78 Å². The number of carbonyl (C=O) groups is 1. The van der Waals surface area contributed by atoms with Gasteiger partial charge in [0.05, 0.1) is 7.11 Å². The van der Waals surface area contributed by atoms with Crippen LogP contribution >= 0.6 is 0 Å². The Hall–Kier alpha value is -2.23. The van der Waals surface area contributed by atoms with Crippen molar-refractivity contribution in [1.82, 2.24) is 0 Å². The molecule has 0 radical (unpaired) electrons. The maximum Gasteiger partial charge on any atom is 0.334 e. The number of hydrogen-bond acceptors (Lipinski definition) is 2. The van der Waals surface area contributed by atoms with Crippen LogP contribution in [0.3, 0.4) is 0 Å². The van der Waals surface area contributed by atoms with Crippen LogP contribution in [-0.2, 0) is 5.92 Å². The molecule has 0 aromatic heterocycles. The lowest BCUT2D eigenvalue weighted by Crippen LogP contribution is -2.26. The summed E-state index contributed by atoms with van der Waals surface area (Å²) in [6, 6.07) is 12.7. The molecule has 19 heavy (non-hydrogen) atoms. The van der Waals surface area contributed by atoms with Gasteiger partial charge in [-0.25, -0.2) is 0 Å². The quantitative estimate of drug-likeness (QED) is 0.786. The molecule has 98 valence electrons. The highest BCUT2D eigenvalue weighted by Gasteiger charge is 2.41. The fourth-order valence-electron chi connectivity index (χ4n) is 1.70. The monoisotopic (exact) mass is 262 g/mol. The number of halogens is 2. The minimum Gasteiger partial charge on any atom is -0.497 e. The molecular weight excluding hydrogens is 250 g/mol. The van der Waals surface area contributed by atoms with E-state index in [1.165, 1.54) is 55.6 Å². The first kappa shape index (κ1) is 13.2. The molecule has 0 amide bonds. The van der Waals surface area contributed by atoms with E-state index >= 15 is 0 Å². The highest BCUT2D eigenvalue weighted by atomic mass is 19.3. The molecule has 0 heterocycles. The van der Waals surface area contributed by atoms with Crippen LogP contribution in [0.2, 0.25) is 0 Å². The summed E-state index contributed by atoms with van der Waals surface area (Å²) in [4.78, 5) is 11.9. The van der Waals surface area contributed by atoms with E-state index in [0.29, 0.717) is 5.75 Å². The standard InChI is InChI=1S/C15H12F2O2/c1-19-13-9-7-11(8-10-13)14(18)15(16,17)12-5-3-2-4-6-12/h2-10H,1H3. The molecule has 0 saturated carbocycles. The third-order valence-corrected chi connectivity index (χ3v) is 2.77. The molecule has 0 aliphatic heterocycles. The number of ether oxygens (including phenoxy) is 1. The van der Waals surface area contributed by atoms with Gasteiger partial charge in [0.1, 0.15) is 5.75 Å². The van der Waals surface area contributed by atoms with Gasteiger partial charge in [0, 0.05) is 11.1 Å². The van der Waals surface area contributed by atoms with Crippen molar-refractivity contribution in [1.29, 1.82) is 0 Å². The lowest BCUT2D eigenvalue weighted by Gasteiger charge is -2.15. The normalized spacial score (nSPS) is 11.1. The van der Waals surface area contributed by atoms with Crippen molar-refractivity contribution in [2.24, 2.45) is 0 Å². The fourth-order valence-corrected chi connectivity index (χ4v) is 1.70. The number of rotatable bonds is 4. The fraction of sp³-hybridized carbons (Fsp3) is 0.133. The third-order valence-electron chi connectivity index (χ3n) is 2.77. The van der Waals surface area contributed by atoms with Crippen LogP contribution in [0.1, 0.15) is 15.9 Å². The SMILES string of the molecule is COc1ccc(C(=O)C(F)(F)c2ccccc2)cc1. The first-order valence-electron chi connectivity index (χ1n) is 5.68. The molecule has 0 bridgehead atoms. The minimum absolute atomic E-state index is 0.0466. The smallest absolute Gasteiger partial charge is 0.334 e. The van der Waals surface area contributed by atoms with Gasteiger partial charge in [0.25, 0.3) is 0 Å². The van der Waals surface area contributed by atoms with Gasteiger partial charge in [-0.05, 0) is 24.3 Å². The summed E-state index contributed by atoms with van der Waals surface area (Å²) < 4.78 is 33.0. The van der Waals surface area contributed by atoms with Gasteiger partial charge in [0.2, 0.25) is 5.78 Å². The second-order valence-corrected chi connectivity index (χ2v) is 4.00. The Morgan fingerprint density at radius 3 is 2.11 bits per heavy atom. The lowest BCUT2D eigenvalue weighted by molar-refractivity contribution is 0.00743. The average Bonchev–Trinajstić information content (AvgIpc) is 2.47. The van der Waals surface area contributed by atoms with Crippen LogP contribution in [0.15, 0.2) is 54.6 Å². The summed E-state index contributed by atoms with van der Waals surface area (Å²) in [6.07, 6.45) is 0. The predicted molar refractivity (Wildman–Crippen MR) is 67.7 cm³/mol. The van der Waals surface area contributed by atoms with E-state index in [1.807, 2.05) is 0 Å². The van der Waals surface area contributed by atoms with E-state index in [9.17, 15) is 13.6 Å². The van der Waals surface area contributed by atoms with Crippen molar-refractivity contribution >= 4 is 5.78 Å². The number of alkyl halides is 2. The summed E-state index contributed by atoms with van der Waals surface area (Å²) in [5.74, 6) is -4.24. The van der Waals surface area contributed by atoms with E-state index in [2.05, 4.69) is 0 Å². The molecule has 4 heteroatoms. The Kier molecular flexibility index (Phi) is 3.60. The van der Waals surface area contributed by atoms with Crippen LogP contribution in [0.4, 0.5) is 8.78 Å². The molecule has 2 rings (SSSR count). The third kappa shape index (κ3) is 2.62.